The van der Waals surface area contributed by atoms with Crippen LogP contribution in [0, 0.1) is 18.6 Å². The predicted molar refractivity (Wildman–Crippen MR) is 77.4 cm³/mol. The van der Waals surface area contributed by atoms with Crippen LogP contribution in [0.1, 0.15) is 25.0 Å². The minimum Gasteiger partial charge on any atom is -0.439 e. The fraction of sp³-hybridized carbons (Fsp3) is 0.312. The van der Waals surface area contributed by atoms with E-state index >= 15 is 0 Å². The quantitative estimate of drug-likeness (QED) is 0.905. The first-order chi connectivity index (χ1) is 9.95. The number of hydrogen-bond acceptors (Lipinski definition) is 3. The van der Waals surface area contributed by atoms with E-state index in [9.17, 15) is 8.78 Å². The molecule has 0 spiro atoms. The summed E-state index contributed by atoms with van der Waals surface area (Å²) < 4.78 is 31.5. The Morgan fingerprint density at radius 1 is 1.19 bits per heavy atom. The molecule has 1 aromatic carbocycles. The van der Waals surface area contributed by atoms with Gasteiger partial charge in [0.1, 0.15) is 5.75 Å². The van der Waals surface area contributed by atoms with E-state index in [2.05, 4.69) is 24.1 Å². The lowest BCUT2D eigenvalue weighted by atomic mass is 10.2. The maximum atomic E-state index is 13.1. The molecule has 5 heteroatoms. The van der Waals surface area contributed by atoms with Gasteiger partial charge in [0.25, 0.3) is 0 Å². The van der Waals surface area contributed by atoms with E-state index in [1.165, 1.54) is 6.07 Å². The van der Waals surface area contributed by atoms with Gasteiger partial charge in [0.2, 0.25) is 5.88 Å². The minimum absolute atomic E-state index is 0.220. The van der Waals surface area contributed by atoms with Gasteiger partial charge in [-0.25, -0.2) is 13.8 Å². The van der Waals surface area contributed by atoms with Crippen molar-refractivity contribution in [2.75, 3.05) is 0 Å². The minimum atomic E-state index is -0.942. The summed E-state index contributed by atoms with van der Waals surface area (Å²) in [5.41, 5.74) is 1.88. The molecule has 112 valence electrons. The third-order valence-electron chi connectivity index (χ3n) is 2.91. The number of hydrogen-bond donors (Lipinski definition) is 1. The number of halogens is 2. The van der Waals surface area contributed by atoms with Gasteiger partial charge < -0.3 is 10.1 Å². The van der Waals surface area contributed by atoms with Crippen LogP contribution in [0.5, 0.6) is 11.6 Å². The zero-order chi connectivity index (χ0) is 15.4. The molecule has 0 aliphatic heterocycles. The van der Waals surface area contributed by atoms with Crippen LogP contribution in [0.25, 0.3) is 0 Å². The van der Waals surface area contributed by atoms with Crippen molar-refractivity contribution in [2.45, 2.75) is 33.4 Å². The van der Waals surface area contributed by atoms with Gasteiger partial charge >= 0.3 is 0 Å². The molecule has 0 saturated heterocycles. The Hall–Kier alpha value is -2.01. The summed E-state index contributed by atoms with van der Waals surface area (Å²) >= 11 is 0. The molecule has 0 fully saturated rings. The lowest BCUT2D eigenvalue weighted by Crippen LogP contribution is -2.21. The van der Waals surface area contributed by atoms with Gasteiger partial charge in [-0.1, -0.05) is 13.8 Å². The number of nitrogens with zero attached hydrogens (tertiary/aromatic N) is 1. The zero-order valence-corrected chi connectivity index (χ0v) is 12.3. The Labute approximate surface area is 123 Å². The highest BCUT2D eigenvalue weighted by atomic mass is 19.2. The largest absolute Gasteiger partial charge is 0.439 e. The Morgan fingerprint density at radius 2 is 1.95 bits per heavy atom. The van der Waals surface area contributed by atoms with E-state index in [4.69, 9.17) is 4.74 Å². The third kappa shape index (κ3) is 4.23. The normalized spacial score (nSPS) is 11.0. The summed E-state index contributed by atoms with van der Waals surface area (Å²) in [6, 6.07) is 5.75. The fourth-order valence-electron chi connectivity index (χ4n) is 1.80. The molecule has 0 saturated carbocycles. The van der Waals surface area contributed by atoms with Crippen molar-refractivity contribution in [1.82, 2.24) is 10.3 Å². The summed E-state index contributed by atoms with van der Waals surface area (Å²) in [5.74, 6) is -1.24. The van der Waals surface area contributed by atoms with Crippen LogP contribution in [0.4, 0.5) is 8.78 Å². The molecule has 0 aliphatic rings. The summed E-state index contributed by atoms with van der Waals surface area (Å²) in [5, 5.41) is 3.30. The van der Waals surface area contributed by atoms with Gasteiger partial charge in [0, 0.05) is 30.4 Å². The van der Waals surface area contributed by atoms with Gasteiger partial charge in [0.15, 0.2) is 11.6 Å². The Kier molecular flexibility index (Phi) is 4.85. The fourth-order valence-corrected chi connectivity index (χ4v) is 1.80. The molecule has 0 atom stereocenters. The van der Waals surface area contributed by atoms with E-state index in [1.54, 1.807) is 6.20 Å². The second-order valence-corrected chi connectivity index (χ2v) is 5.18. The van der Waals surface area contributed by atoms with Gasteiger partial charge in [-0.15, -0.1) is 0 Å². The number of aryl methyl sites for hydroxylation is 1. The molecule has 2 rings (SSSR count). The van der Waals surface area contributed by atoms with Crippen LogP contribution in [0.2, 0.25) is 0 Å². The standard InChI is InChI=1S/C16H18F2N2O/c1-10(2)19-8-12-6-11(3)16(20-9-12)21-13-4-5-14(17)15(18)7-13/h4-7,9-10,19H,8H2,1-3H3. The van der Waals surface area contributed by atoms with Crippen molar-refractivity contribution in [2.24, 2.45) is 0 Å². The lowest BCUT2D eigenvalue weighted by Gasteiger charge is -2.11. The Morgan fingerprint density at radius 3 is 2.57 bits per heavy atom. The monoisotopic (exact) mass is 292 g/mol. The zero-order valence-electron chi connectivity index (χ0n) is 12.3. The number of benzene rings is 1. The van der Waals surface area contributed by atoms with Crippen molar-refractivity contribution in [3.63, 3.8) is 0 Å². The average molecular weight is 292 g/mol. The van der Waals surface area contributed by atoms with Crippen LogP contribution in [-0.2, 0) is 6.54 Å². The van der Waals surface area contributed by atoms with Gasteiger partial charge in [0.05, 0.1) is 0 Å². The van der Waals surface area contributed by atoms with Crippen molar-refractivity contribution >= 4 is 0 Å². The molecule has 0 radical (unpaired) electrons. The van der Waals surface area contributed by atoms with Crippen LogP contribution < -0.4 is 10.1 Å². The van der Waals surface area contributed by atoms with E-state index in [1.807, 2.05) is 13.0 Å². The molecule has 3 nitrogen and oxygen atoms in total. The number of aromatic nitrogens is 1. The van der Waals surface area contributed by atoms with Crippen molar-refractivity contribution in [1.29, 1.82) is 0 Å². The highest BCUT2D eigenvalue weighted by Gasteiger charge is 2.08. The van der Waals surface area contributed by atoms with Crippen LogP contribution in [-0.4, -0.2) is 11.0 Å². The highest BCUT2D eigenvalue weighted by molar-refractivity contribution is 5.34. The van der Waals surface area contributed by atoms with Crippen molar-refractivity contribution in [3.8, 4) is 11.6 Å². The maximum Gasteiger partial charge on any atom is 0.222 e. The summed E-state index contributed by atoms with van der Waals surface area (Å²) in [4.78, 5) is 4.23. The first-order valence-electron chi connectivity index (χ1n) is 6.77. The average Bonchev–Trinajstić information content (AvgIpc) is 2.43. The maximum absolute atomic E-state index is 13.1. The topological polar surface area (TPSA) is 34.2 Å². The van der Waals surface area contributed by atoms with Crippen LogP contribution >= 0.6 is 0 Å². The first kappa shape index (κ1) is 15.4. The number of ether oxygens (including phenoxy) is 1. The van der Waals surface area contributed by atoms with Crippen molar-refractivity contribution < 1.29 is 13.5 Å². The first-order valence-corrected chi connectivity index (χ1v) is 6.77. The molecule has 0 unspecified atom stereocenters. The molecule has 1 N–H and O–H groups in total. The Bertz CT molecular complexity index is 630. The van der Waals surface area contributed by atoms with Gasteiger partial charge in [-0.3, -0.25) is 0 Å². The number of pyridine rings is 1. The molecule has 1 heterocycles. The van der Waals surface area contributed by atoms with E-state index in [0.29, 0.717) is 11.9 Å². The second-order valence-electron chi connectivity index (χ2n) is 5.18. The summed E-state index contributed by atoms with van der Waals surface area (Å²) in [6.07, 6.45) is 1.71. The third-order valence-corrected chi connectivity index (χ3v) is 2.91. The molecule has 0 aliphatic carbocycles. The smallest absolute Gasteiger partial charge is 0.222 e. The second kappa shape index (κ2) is 6.63. The van der Waals surface area contributed by atoms with Gasteiger partial charge in [-0.05, 0) is 30.7 Å². The number of rotatable bonds is 5. The molecule has 1 aromatic heterocycles. The molecular weight excluding hydrogens is 274 g/mol. The lowest BCUT2D eigenvalue weighted by molar-refractivity contribution is 0.444. The molecule has 21 heavy (non-hydrogen) atoms. The van der Waals surface area contributed by atoms with Crippen molar-refractivity contribution in [3.05, 3.63) is 53.2 Å². The molecular formula is C16H18F2N2O. The highest BCUT2D eigenvalue weighted by Crippen LogP contribution is 2.24. The Balaban J connectivity index is 2.11. The molecule has 2 aromatic rings. The SMILES string of the molecule is Cc1cc(CNC(C)C)cnc1Oc1ccc(F)c(F)c1. The molecule has 0 bridgehead atoms. The van der Waals surface area contributed by atoms with E-state index < -0.39 is 11.6 Å². The predicted octanol–water partition coefficient (Wildman–Crippen LogP) is 3.96. The summed E-state index contributed by atoms with van der Waals surface area (Å²) in [7, 11) is 0. The summed E-state index contributed by atoms with van der Waals surface area (Å²) in [6.45, 7) is 6.72. The van der Waals surface area contributed by atoms with Gasteiger partial charge in [-0.2, -0.15) is 0 Å². The van der Waals surface area contributed by atoms with Crippen LogP contribution in [0.3, 0.4) is 0 Å². The number of nitrogens with one attached hydrogen (secondary N) is 1. The van der Waals surface area contributed by atoms with E-state index in [0.717, 1.165) is 29.8 Å². The molecule has 0 amide bonds. The van der Waals surface area contributed by atoms with E-state index in [-0.39, 0.29) is 5.75 Å². The van der Waals surface area contributed by atoms with Crippen LogP contribution in [0.15, 0.2) is 30.5 Å².